The molecule has 0 aliphatic rings. The Kier molecular flexibility index (Phi) is 5.03. The minimum atomic E-state index is -5.30. The quantitative estimate of drug-likeness (QED) is 0.796. The van der Waals surface area contributed by atoms with Crippen LogP contribution in [0.15, 0.2) is 0 Å². The SMILES string of the molecule is CCC(CCC#N)NS(=O)(=O)C(F)(F)F. The largest absolute Gasteiger partial charge is 0.511 e. The zero-order valence-corrected chi connectivity index (χ0v) is 8.82. The first-order chi connectivity index (χ1) is 6.74. The van der Waals surface area contributed by atoms with Crippen LogP contribution in [0.2, 0.25) is 0 Å². The number of alkyl halides is 3. The van der Waals surface area contributed by atoms with E-state index in [4.69, 9.17) is 5.26 Å². The molecule has 1 atom stereocenters. The second-order valence-electron chi connectivity index (χ2n) is 2.87. The summed E-state index contributed by atoms with van der Waals surface area (Å²) in [6.07, 6.45) is 0.290. The van der Waals surface area contributed by atoms with Gasteiger partial charge >= 0.3 is 15.5 Å². The van der Waals surface area contributed by atoms with E-state index < -0.39 is 21.6 Å². The van der Waals surface area contributed by atoms with Crippen molar-refractivity contribution in [2.45, 2.75) is 37.7 Å². The summed E-state index contributed by atoms with van der Waals surface area (Å²) in [5, 5.41) is 8.22. The van der Waals surface area contributed by atoms with E-state index in [1.54, 1.807) is 13.0 Å². The number of hydrogen-bond acceptors (Lipinski definition) is 3. The highest BCUT2D eigenvalue weighted by Gasteiger charge is 2.46. The van der Waals surface area contributed by atoms with Crippen LogP contribution >= 0.6 is 0 Å². The van der Waals surface area contributed by atoms with E-state index in [9.17, 15) is 21.6 Å². The normalized spacial score (nSPS) is 14.6. The van der Waals surface area contributed by atoms with Crippen molar-refractivity contribution < 1.29 is 21.6 Å². The first-order valence-corrected chi connectivity index (χ1v) is 5.68. The third kappa shape index (κ3) is 4.48. The van der Waals surface area contributed by atoms with Crippen LogP contribution in [0.4, 0.5) is 13.2 Å². The molecule has 0 bridgehead atoms. The van der Waals surface area contributed by atoms with Gasteiger partial charge in [0.1, 0.15) is 0 Å². The molecule has 0 radical (unpaired) electrons. The van der Waals surface area contributed by atoms with Gasteiger partial charge < -0.3 is 0 Å². The molecule has 0 amide bonds. The Labute approximate surface area is 86.1 Å². The maximum atomic E-state index is 11.9. The van der Waals surface area contributed by atoms with Crippen LogP contribution < -0.4 is 4.72 Å². The van der Waals surface area contributed by atoms with Gasteiger partial charge in [0.2, 0.25) is 0 Å². The maximum absolute atomic E-state index is 11.9. The molecule has 0 aromatic carbocycles. The smallest absolute Gasteiger partial charge is 0.204 e. The molecule has 0 saturated carbocycles. The Morgan fingerprint density at radius 2 is 2.00 bits per heavy atom. The van der Waals surface area contributed by atoms with Gasteiger partial charge in [0.05, 0.1) is 6.07 Å². The lowest BCUT2D eigenvalue weighted by atomic mass is 10.1. The van der Waals surface area contributed by atoms with Crippen molar-refractivity contribution in [2.24, 2.45) is 0 Å². The van der Waals surface area contributed by atoms with Gasteiger partial charge in [-0.1, -0.05) is 6.92 Å². The number of nitriles is 1. The molecule has 0 aliphatic heterocycles. The van der Waals surface area contributed by atoms with Crippen molar-refractivity contribution in [1.82, 2.24) is 4.72 Å². The van der Waals surface area contributed by atoms with Crippen molar-refractivity contribution in [3.63, 3.8) is 0 Å². The second kappa shape index (κ2) is 5.32. The van der Waals surface area contributed by atoms with Crippen molar-refractivity contribution >= 4 is 10.0 Å². The summed E-state index contributed by atoms with van der Waals surface area (Å²) in [4.78, 5) is 0. The van der Waals surface area contributed by atoms with Gasteiger partial charge in [-0.3, -0.25) is 0 Å². The summed E-state index contributed by atoms with van der Waals surface area (Å²) < 4.78 is 58.7. The van der Waals surface area contributed by atoms with Crippen LogP contribution in [0.25, 0.3) is 0 Å². The van der Waals surface area contributed by atoms with Crippen LogP contribution in [0.3, 0.4) is 0 Å². The summed E-state index contributed by atoms with van der Waals surface area (Å²) in [6, 6.07) is 0.890. The molecule has 0 rings (SSSR count). The fourth-order valence-electron chi connectivity index (χ4n) is 0.871. The zero-order chi connectivity index (χ0) is 12.1. The molecule has 15 heavy (non-hydrogen) atoms. The van der Waals surface area contributed by atoms with E-state index >= 15 is 0 Å². The van der Waals surface area contributed by atoms with Gasteiger partial charge in [0.15, 0.2) is 0 Å². The fraction of sp³-hybridized carbons (Fsp3) is 0.857. The van der Waals surface area contributed by atoms with E-state index in [0.717, 1.165) is 0 Å². The third-order valence-electron chi connectivity index (χ3n) is 1.72. The third-order valence-corrected chi connectivity index (χ3v) is 2.98. The summed E-state index contributed by atoms with van der Waals surface area (Å²) in [7, 11) is -5.30. The summed E-state index contributed by atoms with van der Waals surface area (Å²) >= 11 is 0. The molecule has 88 valence electrons. The van der Waals surface area contributed by atoms with Crippen LogP contribution in [0.1, 0.15) is 26.2 Å². The molecule has 0 fully saturated rings. The molecule has 0 heterocycles. The monoisotopic (exact) mass is 244 g/mol. The Morgan fingerprint density at radius 3 is 2.33 bits per heavy atom. The Hall–Kier alpha value is -0.810. The molecule has 0 aromatic heterocycles. The van der Waals surface area contributed by atoms with E-state index in [2.05, 4.69) is 0 Å². The Morgan fingerprint density at radius 1 is 1.47 bits per heavy atom. The van der Waals surface area contributed by atoms with Gasteiger partial charge in [0.25, 0.3) is 0 Å². The van der Waals surface area contributed by atoms with Crippen LogP contribution in [0.5, 0.6) is 0 Å². The van der Waals surface area contributed by atoms with E-state index in [0.29, 0.717) is 0 Å². The lowest BCUT2D eigenvalue weighted by molar-refractivity contribution is -0.0451. The number of halogens is 3. The minimum absolute atomic E-state index is 0.0128. The fourth-order valence-corrected chi connectivity index (χ4v) is 1.73. The van der Waals surface area contributed by atoms with E-state index in [1.807, 2.05) is 0 Å². The van der Waals surface area contributed by atoms with Gasteiger partial charge in [-0.15, -0.1) is 0 Å². The first kappa shape index (κ1) is 14.2. The number of rotatable bonds is 5. The highest BCUT2D eigenvalue weighted by Crippen LogP contribution is 2.22. The summed E-state index contributed by atoms with van der Waals surface area (Å²) in [6.45, 7) is 1.54. The molecule has 0 aliphatic carbocycles. The molecule has 1 N–H and O–H groups in total. The first-order valence-electron chi connectivity index (χ1n) is 4.20. The van der Waals surface area contributed by atoms with Gasteiger partial charge in [-0.25, -0.2) is 13.1 Å². The van der Waals surface area contributed by atoms with Gasteiger partial charge in [-0.2, -0.15) is 18.4 Å². The molecule has 8 heteroatoms. The van der Waals surface area contributed by atoms with Crippen molar-refractivity contribution in [2.75, 3.05) is 0 Å². The van der Waals surface area contributed by atoms with Gasteiger partial charge in [0, 0.05) is 12.5 Å². The topological polar surface area (TPSA) is 70.0 Å². The van der Waals surface area contributed by atoms with Crippen LogP contribution in [-0.4, -0.2) is 20.0 Å². The average Bonchev–Trinajstić information content (AvgIpc) is 2.10. The predicted octanol–water partition coefficient (Wildman–Crippen LogP) is 1.51. The molecular weight excluding hydrogens is 233 g/mol. The number of nitrogens with zero attached hydrogens (tertiary/aromatic N) is 1. The Balaban J connectivity index is 4.50. The molecular formula is C7H11F3N2O2S. The number of sulfonamides is 1. The zero-order valence-electron chi connectivity index (χ0n) is 8.00. The molecule has 4 nitrogen and oxygen atoms in total. The lowest BCUT2D eigenvalue weighted by Crippen LogP contribution is -2.42. The van der Waals surface area contributed by atoms with Crippen molar-refractivity contribution in [3.05, 3.63) is 0 Å². The molecule has 0 saturated heterocycles. The van der Waals surface area contributed by atoms with E-state index in [-0.39, 0.29) is 19.3 Å². The number of nitrogens with one attached hydrogen (secondary N) is 1. The minimum Gasteiger partial charge on any atom is -0.204 e. The molecule has 0 spiro atoms. The maximum Gasteiger partial charge on any atom is 0.511 e. The summed E-state index contributed by atoms with van der Waals surface area (Å²) in [5.41, 5.74) is -5.30. The van der Waals surface area contributed by atoms with Crippen LogP contribution in [-0.2, 0) is 10.0 Å². The van der Waals surface area contributed by atoms with Crippen molar-refractivity contribution in [3.8, 4) is 6.07 Å². The van der Waals surface area contributed by atoms with Gasteiger partial charge in [-0.05, 0) is 12.8 Å². The summed E-state index contributed by atoms with van der Waals surface area (Å²) in [5.74, 6) is 0. The average molecular weight is 244 g/mol. The standard InChI is InChI=1S/C7H11F3N2O2S/c1-2-6(4-3-5-11)12-15(13,14)7(8,9)10/h6,12H,2-4H2,1H3. The Bertz CT molecular complexity index is 331. The second-order valence-corrected chi connectivity index (χ2v) is 4.57. The highest BCUT2D eigenvalue weighted by molar-refractivity contribution is 7.90. The number of hydrogen-bond donors (Lipinski definition) is 1. The van der Waals surface area contributed by atoms with Crippen molar-refractivity contribution in [1.29, 1.82) is 5.26 Å². The van der Waals surface area contributed by atoms with Crippen LogP contribution in [0, 0.1) is 11.3 Å². The highest BCUT2D eigenvalue weighted by atomic mass is 32.2. The molecule has 1 unspecified atom stereocenters. The predicted molar refractivity (Wildman–Crippen MR) is 47.0 cm³/mol. The van der Waals surface area contributed by atoms with E-state index in [1.165, 1.54) is 4.72 Å². The lowest BCUT2D eigenvalue weighted by Gasteiger charge is -2.16. The molecule has 0 aromatic rings.